The minimum atomic E-state index is -0.853. The summed E-state index contributed by atoms with van der Waals surface area (Å²) in [6.07, 6.45) is 8.11. The summed E-state index contributed by atoms with van der Waals surface area (Å²) in [6.45, 7) is 9.70. The maximum atomic E-state index is 10.0. The molecule has 2 rings (SSSR count). The Morgan fingerprint density at radius 3 is 2.44 bits per heavy atom. The van der Waals surface area contributed by atoms with Gasteiger partial charge in [-0.3, -0.25) is 0 Å². The fraction of sp³-hybridized carbons (Fsp3) is 0.370. The molecule has 0 aliphatic heterocycles. The molecule has 0 fully saturated rings. The van der Waals surface area contributed by atoms with E-state index in [1.165, 1.54) is 6.08 Å². The predicted molar refractivity (Wildman–Crippen MR) is 146 cm³/mol. The van der Waals surface area contributed by atoms with Crippen LogP contribution in [0.1, 0.15) is 19.8 Å². The maximum absolute atomic E-state index is 10.0. The van der Waals surface area contributed by atoms with E-state index in [9.17, 15) is 10.2 Å². The minimum absolute atomic E-state index is 0.177. The molecule has 1 aromatic carbocycles. The Morgan fingerprint density at radius 2 is 1.89 bits per heavy atom. The summed E-state index contributed by atoms with van der Waals surface area (Å²) in [7, 11) is 6.98. The Balaban J connectivity index is 2.34. The summed E-state index contributed by atoms with van der Waals surface area (Å²) in [5.41, 5.74) is 4.38. The van der Waals surface area contributed by atoms with Crippen LogP contribution in [-0.4, -0.2) is 69.6 Å². The van der Waals surface area contributed by atoms with Crippen molar-refractivity contribution < 1.29 is 19.7 Å². The second-order valence-electron chi connectivity index (χ2n) is 8.34. The van der Waals surface area contributed by atoms with Crippen LogP contribution < -0.4 is 25.0 Å². The second kappa shape index (κ2) is 14.0. The SMILES string of the molecule is C=CC(O)NC1=C(N/C(=C/C(=C/CN(C)c2cc(OC)cc(OC)c2)N(C)CO)N=C)C(C)=CCC1. The molecule has 0 spiro atoms. The monoisotopic (exact) mass is 497 g/mol. The van der Waals surface area contributed by atoms with Gasteiger partial charge in [-0.15, -0.1) is 0 Å². The summed E-state index contributed by atoms with van der Waals surface area (Å²) in [6, 6.07) is 5.68. The van der Waals surface area contributed by atoms with E-state index in [0.29, 0.717) is 23.9 Å². The third-order valence-electron chi connectivity index (χ3n) is 5.80. The molecule has 1 aromatic rings. The Bertz CT molecular complexity index is 1020. The normalized spacial score (nSPS) is 15.0. The minimum Gasteiger partial charge on any atom is -0.497 e. The van der Waals surface area contributed by atoms with Crippen molar-refractivity contribution in [2.24, 2.45) is 4.99 Å². The van der Waals surface area contributed by atoms with E-state index >= 15 is 0 Å². The van der Waals surface area contributed by atoms with Crippen LogP contribution in [0.2, 0.25) is 0 Å². The lowest BCUT2D eigenvalue weighted by molar-refractivity contribution is 0.166. The average molecular weight is 498 g/mol. The third kappa shape index (κ3) is 7.93. The van der Waals surface area contributed by atoms with E-state index in [4.69, 9.17) is 9.47 Å². The molecule has 196 valence electrons. The molecule has 9 nitrogen and oxygen atoms in total. The van der Waals surface area contributed by atoms with Crippen LogP contribution >= 0.6 is 0 Å². The third-order valence-corrected chi connectivity index (χ3v) is 5.80. The number of nitrogens with one attached hydrogen (secondary N) is 2. The summed E-state index contributed by atoms with van der Waals surface area (Å²) in [5.74, 6) is 1.90. The molecule has 1 aliphatic carbocycles. The molecule has 9 heteroatoms. The van der Waals surface area contributed by atoms with Gasteiger partial charge in [-0.25, -0.2) is 4.99 Å². The summed E-state index contributed by atoms with van der Waals surface area (Å²) in [4.78, 5) is 7.91. The van der Waals surface area contributed by atoms with Crippen LogP contribution in [0.4, 0.5) is 5.69 Å². The predicted octanol–water partition coefficient (Wildman–Crippen LogP) is 3.08. The van der Waals surface area contributed by atoms with Crippen LogP contribution in [0.3, 0.4) is 0 Å². The average Bonchev–Trinajstić information content (AvgIpc) is 2.90. The van der Waals surface area contributed by atoms with Gasteiger partial charge in [0.15, 0.2) is 0 Å². The van der Waals surface area contributed by atoms with Crippen LogP contribution in [0.15, 0.2) is 82.6 Å². The first-order valence-electron chi connectivity index (χ1n) is 11.7. The Kier molecular flexibility index (Phi) is 11.1. The van der Waals surface area contributed by atoms with Crippen molar-refractivity contribution in [3.05, 3.63) is 77.6 Å². The number of hydrogen-bond donors (Lipinski definition) is 4. The number of likely N-dealkylation sites (N-methyl/N-ethyl adjacent to an activating group) is 2. The number of aliphatic hydroxyl groups excluding tert-OH is 2. The van der Waals surface area contributed by atoms with Gasteiger partial charge in [0.2, 0.25) is 0 Å². The lowest BCUT2D eigenvalue weighted by Gasteiger charge is -2.25. The lowest BCUT2D eigenvalue weighted by Crippen LogP contribution is -2.31. The van der Waals surface area contributed by atoms with Crippen LogP contribution in [-0.2, 0) is 0 Å². The highest BCUT2D eigenvalue weighted by molar-refractivity contribution is 5.55. The van der Waals surface area contributed by atoms with E-state index < -0.39 is 6.23 Å². The molecule has 0 saturated heterocycles. The fourth-order valence-corrected chi connectivity index (χ4v) is 3.60. The van der Waals surface area contributed by atoms with Crippen molar-refractivity contribution in [1.29, 1.82) is 0 Å². The van der Waals surface area contributed by atoms with E-state index in [1.807, 2.05) is 49.2 Å². The van der Waals surface area contributed by atoms with Gasteiger partial charge in [0, 0.05) is 62.0 Å². The lowest BCUT2D eigenvalue weighted by atomic mass is 10.0. The number of rotatable bonds is 14. The molecule has 1 unspecified atom stereocenters. The van der Waals surface area contributed by atoms with Gasteiger partial charge < -0.3 is 40.1 Å². The zero-order valence-electron chi connectivity index (χ0n) is 21.9. The molecule has 0 amide bonds. The number of benzene rings is 1. The highest BCUT2D eigenvalue weighted by atomic mass is 16.5. The molecule has 0 aromatic heterocycles. The van der Waals surface area contributed by atoms with Crippen molar-refractivity contribution in [3.63, 3.8) is 0 Å². The number of anilines is 1. The number of nitrogens with zero attached hydrogens (tertiary/aromatic N) is 3. The number of hydrogen-bond acceptors (Lipinski definition) is 9. The van der Waals surface area contributed by atoms with Gasteiger partial charge in [0.05, 0.1) is 19.9 Å². The van der Waals surface area contributed by atoms with Crippen LogP contribution in [0, 0.1) is 0 Å². The van der Waals surface area contributed by atoms with Crippen molar-refractivity contribution in [2.75, 3.05) is 46.5 Å². The topological polar surface area (TPSA) is 102 Å². The number of aliphatic hydroxyl groups is 2. The Labute approximate surface area is 214 Å². The highest BCUT2D eigenvalue weighted by Crippen LogP contribution is 2.28. The van der Waals surface area contributed by atoms with Crippen molar-refractivity contribution in [1.82, 2.24) is 15.5 Å². The fourth-order valence-electron chi connectivity index (χ4n) is 3.60. The van der Waals surface area contributed by atoms with Gasteiger partial charge >= 0.3 is 0 Å². The molecule has 36 heavy (non-hydrogen) atoms. The van der Waals surface area contributed by atoms with Gasteiger partial charge in [-0.2, -0.15) is 0 Å². The number of methoxy groups -OCH3 is 2. The molecule has 4 N–H and O–H groups in total. The zero-order chi connectivity index (χ0) is 26.7. The molecule has 0 bridgehead atoms. The largest absolute Gasteiger partial charge is 0.497 e. The summed E-state index contributed by atoms with van der Waals surface area (Å²) >= 11 is 0. The summed E-state index contributed by atoms with van der Waals surface area (Å²) in [5, 5.41) is 26.2. The van der Waals surface area contributed by atoms with E-state index in [-0.39, 0.29) is 6.73 Å². The second-order valence-corrected chi connectivity index (χ2v) is 8.34. The first-order chi connectivity index (χ1) is 17.3. The van der Waals surface area contributed by atoms with Gasteiger partial charge in [-0.05, 0) is 44.2 Å². The van der Waals surface area contributed by atoms with Gasteiger partial charge in [0.25, 0.3) is 0 Å². The number of aliphatic imine (C=N–C) groups is 1. The van der Waals surface area contributed by atoms with Crippen molar-refractivity contribution >= 4 is 12.4 Å². The zero-order valence-corrected chi connectivity index (χ0v) is 21.9. The summed E-state index contributed by atoms with van der Waals surface area (Å²) < 4.78 is 10.8. The number of allylic oxidation sites excluding steroid dienone is 4. The smallest absolute Gasteiger partial charge is 0.143 e. The first-order valence-corrected chi connectivity index (χ1v) is 11.7. The van der Waals surface area contributed by atoms with E-state index in [2.05, 4.69) is 35.0 Å². The molecule has 1 aliphatic rings. The quantitative estimate of drug-likeness (QED) is 0.135. The Morgan fingerprint density at radius 1 is 1.22 bits per heavy atom. The van der Waals surface area contributed by atoms with E-state index in [0.717, 1.165) is 41.2 Å². The van der Waals surface area contributed by atoms with Gasteiger partial charge in [0.1, 0.15) is 30.3 Å². The molecule has 0 heterocycles. The molecule has 0 radical (unpaired) electrons. The highest BCUT2D eigenvalue weighted by Gasteiger charge is 2.16. The van der Waals surface area contributed by atoms with Gasteiger partial charge in [-0.1, -0.05) is 12.7 Å². The molecular weight excluding hydrogens is 458 g/mol. The van der Waals surface area contributed by atoms with Crippen LogP contribution in [0.25, 0.3) is 0 Å². The Hall–Kier alpha value is -3.69. The number of ether oxygens (including phenoxy) is 2. The first kappa shape index (κ1) is 28.5. The van der Waals surface area contributed by atoms with Crippen molar-refractivity contribution in [2.45, 2.75) is 26.0 Å². The molecule has 0 saturated carbocycles. The maximum Gasteiger partial charge on any atom is 0.143 e. The standard InChI is InChI=1S/C27H39N5O4/c1-8-26(34)29-24-11-9-10-19(2)27(24)30-25(28-3)16-20(32(5)18-33)12-13-31(4)21-14-22(35-6)17-23(15-21)36-7/h8,10,12,14-17,26,29-30,33-34H,1,3,9,11,13,18H2,2,4-7H3/b20-12-,25-16+. The van der Waals surface area contributed by atoms with E-state index in [1.54, 1.807) is 26.2 Å². The molecule has 1 atom stereocenters. The van der Waals surface area contributed by atoms with Crippen molar-refractivity contribution in [3.8, 4) is 11.5 Å². The molecular formula is C27H39N5O4. The van der Waals surface area contributed by atoms with Crippen LogP contribution in [0.5, 0.6) is 11.5 Å².